The molecule has 0 fully saturated rings. The molecule has 0 aliphatic carbocycles. The van der Waals surface area contributed by atoms with E-state index in [4.69, 9.17) is 0 Å². The van der Waals surface area contributed by atoms with Gasteiger partial charge in [-0.25, -0.2) is 14.4 Å². The SMILES string of the molecule is CN(C)NC(=O)c1nc(-c2ccc(CO)cc2)c2cc(Cc3ccc(F)cc3)cnc2c1O. The Morgan fingerprint density at radius 1 is 1.03 bits per heavy atom. The van der Waals surface area contributed by atoms with Crippen LogP contribution in [0.2, 0.25) is 0 Å². The third-order valence-corrected chi connectivity index (χ3v) is 5.14. The van der Waals surface area contributed by atoms with Crippen LogP contribution < -0.4 is 5.43 Å². The van der Waals surface area contributed by atoms with Gasteiger partial charge >= 0.3 is 0 Å². The zero-order chi connectivity index (χ0) is 23.5. The van der Waals surface area contributed by atoms with Gasteiger partial charge < -0.3 is 10.2 Å². The van der Waals surface area contributed by atoms with Crippen LogP contribution >= 0.6 is 0 Å². The quantitative estimate of drug-likeness (QED) is 0.393. The average molecular weight is 446 g/mol. The number of carbonyl (C=O) groups excluding carboxylic acids is 1. The summed E-state index contributed by atoms with van der Waals surface area (Å²) in [5.41, 5.74) is 6.37. The van der Waals surface area contributed by atoms with Gasteiger partial charge in [0.25, 0.3) is 5.91 Å². The fourth-order valence-corrected chi connectivity index (χ4v) is 3.55. The molecule has 2 heterocycles. The number of aliphatic hydroxyl groups excluding tert-OH is 1. The van der Waals surface area contributed by atoms with Crippen LogP contribution in [0.25, 0.3) is 22.2 Å². The number of amides is 1. The first-order valence-corrected chi connectivity index (χ1v) is 10.3. The van der Waals surface area contributed by atoms with Crippen molar-refractivity contribution in [1.82, 2.24) is 20.4 Å². The summed E-state index contributed by atoms with van der Waals surface area (Å²) in [6, 6.07) is 15.2. The van der Waals surface area contributed by atoms with E-state index in [9.17, 15) is 19.4 Å². The lowest BCUT2D eigenvalue weighted by molar-refractivity contribution is 0.0849. The molecule has 4 rings (SSSR count). The minimum absolute atomic E-state index is 0.0934. The highest BCUT2D eigenvalue weighted by molar-refractivity contribution is 6.04. The molecule has 0 unspecified atom stereocenters. The van der Waals surface area contributed by atoms with Crippen LogP contribution in [0.1, 0.15) is 27.2 Å². The monoisotopic (exact) mass is 446 g/mol. The maximum Gasteiger partial charge on any atom is 0.288 e. The molecule has 4 aromatic rings. The van der Waals surface area contributed by atoms with Crippen molar-refractivity contribution >= 4 is 16.8 Å². The molecule has 0 atom stereocenters. The van der Waals surface area contributed by atoms with Crippen LogP contribution in [0.3, 0.4) is 0 Å². The Bertz CT molecular complexity index is 1310. The first kappa shape index (κ1) is 22.3. The first-order valence-electron chi connectivity index (χ1n) is 10.3. The molecule has 7 nitrogen and oxygen atoms in total. The number of pyridine rings is 2. The Labute approximate surface area is 190 Å². The molecule has 3 N–H and O–H groups in total. The number of rotatable bonds is 6. The number of halogens is 1. The van der Waals surface area contributed by atoms with E-state index in [1.54, 1.807) is 56.7 Å². The Hall–Kier alpha value is -3.88. The number of benzene rings is 2. The van der Waals surface area contributed by atoms with E-state index in [0.717, 1.165) is 16.7 Å². The summed E-state index contributed by atoms with van der Waals surface area (Å²) >= 11 is 0. The second-order valence-corrected chi connectivity index (χ2v) is 7.89. The number of hydrogen-bond acceptors (Lipinski definition) is 6. The predicted octanol–water partition coefficient (Wildman–Crippen LogP) is 3.43. The Kier molecular flexibility index (Phi) is 6.30. The second kappa shape index (κ2) is 9.32. The van der Waals surface area contributed by atoms with E-state index in [1.807, 2.05) is 6.07 Å². The van der Waals surface area contributed by atoms with E-state index in [0.29, 0.717) is 23.1 Å². The smallest absolute Gasteiger partial charge is 0.288 e. The standard InChI is InChI=1S/C25H23FN4O3/c1-30(2)29-25(33)23-24(32)22-20(21(28-23)18-7-3-16(14-31)4-8-18)12-17(13-27-22)11-15-5-9-19(26)10-6-15/h3-10,12-13,31-32H,11,14H2,1-2H3,(H,29,33). The molecule has 2 aromatic heterocycles. The average Bonchev–Trinajstić information content (AvgIpc) is 2.80. The maximum atomic E-state index is 13.3. The second-order valence-electron chi connectivity index (χ2n) is 7.89. The van der Waals surface area contributed by atoms with Crippen molar-refractivity contribution in [2.75, 3.05) is 14.1 Å². The number of aromatic nitrogens is 2. The third kappa shape index (κ3) is 4.82. The highest BCUT2D eigenvalue weighted by atomic mass is 19.1. The fourth-order valence-electron chi connectivity index (χ4n) is 3.55. The van der Waals surface area contributed by atoms with E-state index < -0.39 is 5.91 Å². The summed E-state index contributed by atoms with van der Waals surface area (Å²) in [5, 5.41) is 22.2. The molecule has 0 aliphatic rings. The normalized spacial score (nSPS) is 11.2. The Balaban J connectivity index is 1.87. The molecule has 0 radical (unpaired) electrons. The number of aromatic hydroxyl groups is 1. The fraction of sp³-hybridized carbons (Fsp3) is 0.160. The molecule has 33 heavy (non-hydrogen) atoms. The van der Waals surface area contributed by atoms with Gasteiger partial charge in [-0.3, -0.25) is 15.2 Å². The van der Waals surface area contributed by atoms with Crippen molar-refractivity contribution in [2.24, 2.45) is 0 Å². The molecule has 0 saturated carbocycles. The van der Waals surface area contributed by atoms with Crippen molar-refractivity contribution in [3.05, 3.63) is 89.0 Å². The van der Waals surface area contributed by atoms with Crippen molar-refractivity contribution in [1.29, 1.82) is 0 Å². The van der Waals surface area contributed by atoms with Crippen molar-refractivity contribution in [3.63, 3.8) is 0 Å². The van der Waals surface area contributed by atoms with Crippen LogP contribution in [-0.4, -0.2) is 45.2 Å². The lowest BCUT2D eigenvalue weighted by Gasteiger charge is -2.15. The molecular formula is C25H23FN4O3. The Morgan fingerprint density at radius 2 is 1.70 bits per heavy atom. The molecule has 0 aliphatic heterocycles. The van der Waals surface area contributed by atoms with E-state index >= 15 is 0 Å². The zero-order valence-electron chi connectivity index (χ0n) is 18.2. The highest BCUT2D eigenvalue weighted by Crippen LogP contribution is 2.34. The summed E-state index contributed by atoms with van der Waals surface area (Å²) in [6.45, 7) is -0.0934. The number of hydrogen-bond donors (Lipinski definition) is 3. The van der Waals surface area contributed by atoms with Gasteiger partial charge in [0.1, 0.15) is 11.3 Å². The summed E-state index contributed by atoms with van der Waals surface area (Å²) in [7, 11) is 3.31. The highest BCUT2D eigenvalue weighted by Gasteiger charge is 2.21. The van der Waals surface area contributed by atoms with Crippen LogP contribution in [0.15, 0.2) is 60.8 Å². The van der Waals surface area contributed by atoms with E-state index in [-0.39, 0.29) is 29.4 Å². The van der Waals surface area contributed by atoms with Gasteiger partial charge in [-0.1, -0.05) is 36.4 Å². The number of nitrogens with zero attached hydrogens (tertiary/aromatic N) is 3. The lowest BCUT2D eigenvalue weighted by atomic mass is 10.00. The number of aliphatic hydroxyl groups is 1. The summed E-state index contributed by atoms with van der Waals surface area (Å²) in [6.07, 6.45) is 2.13. The van der Waals surface area contributed by atoms with Crippen molar-refractivity contribution in [2.45, 2.75) is 13.0 Å². The van der Waals surface area contributed by atoms with Crippen LogP contribution in [0.5, 0.6) is 5.75 Å². The topological polar surface area (TPSA) is 98.6 Å². The third-order valence-electron chi connectivity index (χ3n) is 5.14. The summed E-state index contributed by atoms with van der Waals surface area (Å²) in [4.78, 5) is 21.6. The van der Waals surface area contributed by atoms with Crippen molar-refractivity contribution < 1.29 is 19.4 Å². The van der Waals surface area contributed by atoms with Gasteiger partial charge in [-0.15, -0.1) is 0 Å². The molecular weight excluding hydrogens is 423 g/mol. The van der Waals surface area contributed by atoms with Crippen LogP contribution in [0, 0.1) is 5.82 Å². The first-order chi connectivity index (χ1) is 15.9. The van der Waals surface area contributed by atoms with Crippen LogP contribution in [-0.2, 0) is 13.0 Å². The molecule has 8 heteroatoms. The predicted molar refractivity (Wildman–Crippen MR) is 123 cm³/mol. The van der Waals surface area contributed by atoms with Crippen molar-refractivity contribution in [3.8, 4) is 17.0 Å². The number of fused-ring (bicyclic) bond motifs is 1. The molecule has 0 saturated heterocycles. The largest absolute Gasteiger partial charge is 0.504 e. The molecule has 1 amide bonds. The molecule has 0 bridgehead atoms. The van der Waals surface area contributed by atoms with Gasteiger partial charge in [0.2, 0.25) is 0 Å². The summed E-state index contributed by atoms with van der Waals surface area (Å²) in [5.74, 6) is -1.18. The number of carbonyl (C=O) groups is 1. The minimum atomic E-state index is -0.565. The lowest BCUT2D eigenvalue weighted by Crippen LogP contribution is -2.36. The summed E-state index contributed by atoms with van der Waals surface area (Å²) < 4.78 is 13.3. The van der Waals surface area contributed by atoms with E-state index in [2.05, 4.69) is 15.4 Å². The number of nitrogens with one attached hydrogen (secondary N) is 1. The zero-order valence-corrected chi connectivity index (χ0v) is 18.2. The minimum Gasteiger partial charge on any atom is -0.504 e. The number of hydrazine groups is 1. The van der Waals surface area contributed by atoms with Crippen LogP contribution in [0.4, 0.5) is 4.39 Å². The molecule has 2 aromatic carbocycles. The van der Waals surface area contributed by atoms with Gasteiger partial charge in [0.05, 0.1) is 12.3 Å². The van der Waals surface area contributed by atoms with Gasteiger partial charge in [0, 0.05) is 31.2 Å². The molecule has 0 spiro atoms. The van der Waals surface area contributed by atoms with Gasteiger partial charge in [-0.05, 0) is 41.3 Å². The van der Waals surface area contributed by atoms with Gasteiger partial charge in [-0.2, -0.15) is 0 Å². The Morgan fingerprint density at radius 3 is 2.33 bits per heavy atom. The maximum absolute atomic E-state index is 13.3. The molecule has 168 valence electrons. The van der Waals surface area contributed by atoms with Gasteiger partial charge in [0.15, 0.2) is 11.4 Å². The van der Waals surface area contributed by atoms with E-state index in [1.165, 1.54) is 17.1 Å².